The third-order valence-electron chi connectivity index (χ3n) is 8.14. The first-order valence-electron chi connectivity index (χ1n) is 15.8. The number of carbonyl (C=O) groups is 2. The van der Waals surface area contributed by atoms with Gasteiger partial charge in [0.1, 0.15) is 5.75 Å². The van der Waals surface area contributed by atoms with Crippen molar-refractivity contribution in [2.24, 2.45) is 5.92 Å². The number of carbonyl (C=O) groups excluding carboxylic acids is 2. The number of aryl methyl sites for hydroxylation is 1. The smallest absolute Gasteiger partial charge is 0.389 e. The van der Waals surface area contributed by atoms with E-state index in [0.29, 0.717) is 19.4 Å². The molecule has 0 spiro atoms. The fourth-order valence-electron chi connectivity index (χ4n) is 5.18. The first-order chi connectivity index (χ1) is 22.0. The van der Waals surface area contributed by atoms with Crippen LogP contribution in [0.5, 0.6) is 5.75 Å². The standard InChI is InChI=1S/C33H46F3N3O7S/c1-22-9-12-27(13-10-22)47(43,44)38(5)20-30-23(2)19-39(24(3)21-40)32(42)28-18-26(37-31(41)15-16-33(34,35)36)11-14-29(28)46-25(4)8-6-7-17-45-30/h9-14,18,23-25,30,40H,6-8,15-17,19-21H2,1-5H3,(H,37,41)/t23-,24-,25+,30-/m0/s1. The summed E-state index contributed by atoms with van der Waals surface area (Å²) in [7, 11) is -2.36. The van der Waals surface area contributed by atoms with Gasteiger partial charge in [-0.3, -0.25) is 9.59 Å². The van der Waals surface area contributed by atoms with Gasteiger partial charge in [-0.15, -0.1) is 0 Å². The first kappa shape index (κ1) is 38.2. The molecule has 0 bridgehead atoms. The van der Waals surface area contributed by atoms with E-state index in [1.54, 1.807) is 31.2 Å². The molecule has 0 aliphatic carbocycles. The van der Waals surface area contributed by atoms with Crippen LogP contribution < -0.4 is 10.1 Å². The Labute approximate surface area is 275 Å². The highest BCUT2D eigenvalue weighted by Crippen LogP contribution is 2.29. The van der Waals surface area contributed by atoms with E-state index in [2.05, 4.69) is 5.32 Å². The number of amides is 2. The highest BCUT2D eigenvalue weighted by Gasteiger charge is 2.33. The van der Waals surface area contributed by atoms with Gasteiger partial charge in [-0.1, -0.05) is 24.6 Å². The number of nitrogens with zero attached hydrogens (tertiary/aromatic N) is 2. The van der Waals surface area contributed by atoms with Gasteiger partial charge in [0, 0.05) is 44.8 Å². The van der Waals surface area contributed by atoms with Gasteiger partial charge < -0.3 is 24.8 Å². The first-order valence-corrected chi connectivity index (χ1v) is 17.2. The molecule has 10 nitrogen and oxygen atoms in total. The van der Waals surface area contributed by atoms with Crippen molar-refractivity contribution in [1.29, 1.82) is 0 Å². The second-order valence-corrected chi connectivity index (χ2v) is 14.3. The molecular weight excluding hydrogens is 639 g/mol. The van der Waals surface area contributed by atoms with Crippen LogP contribution in [0, 0.1) is 12.8 Å². The number of sulfonamides is 1. The van der Waals surface area contributed by atoms with Crippen molar-refractivity contribution in [2.45, 2.75) is 89.1 Å². The monoisotopic (exact) mass is 685 g/mol. The summed E-state index contributed by atoms with van der Waals surface area (Å²) < 4.78 is 78.4. The average Bonchev–Trinajstić information content (AvgIpc) is 3.01. The molecule has 1 heterocycles. The van der Waals surface area contributed by atoms with Crippen LogP contribution in [-0.2, 0) is 19.6 Å². The third-order valence-corrected chi connectivity index (χ3v) is 9.97. The summed E-state index contributed by atoms with van der Waals surface area (Å²) in [6.07, 6.45) is -5.46. The number of anilines is 1. The molecule has 2 aromatic carbocycles. The fraction of sp³-hybridized carbons (Fsp3) is 0.576. The minimum absolute atomic E-state index is 0.0110. The lowest BCUT2D eigenvalue weighted by Gasteiger charge is -2.35. The maximum Gasteiger partial charge on any atom is 0.389 e. The lowest BCUT2D eigenvalue weighted by molar-refractivity contribution is -0.142. The number of hydrogen-bond donors (Lipinski definition) is 2. The maximum absolute atomic E-state index is 14.2. The van der Waals surface area contributed by atoms with Crippen molar-refractivity contribution in [1.82, 2.24) is 9.21 Å². The van der Waals surface area contributed by atoms with Gasteiger partial charge in [-0.05, 0) is 70.4 Å². The average molecular weight is 686 g/mol. The second-order valence-electron chi connectivity index (χ2n) is 12.3. The number of fused-ring (bicyclic) bond motifs is 1. The molecule has 4 atom stereocenters. The minimum Gasteiger partial charge on any atom is -0.490 e. The number of halogens is 3. The van der Waals surface area contributed by atoms with Gasteiger partial charge in [-0.25, -0.2) is 8.42 Å². The Bertz CT molecular complexity index is 1450. The topological polar surface area (TPSA) is 125 Å². The molecule has 1 aliphatic rings. The molecule has 14 heteroatoms. The number of aliphatic hydroxyl groups is 1. The van der Waals surface area contributed by atoms with Crippen LogP contribution >= 0.6 is 0 Å². The van der Waals surface area contributed by atoms with E-state index in [1.165, 1.54) is 34.5 Å². The molecule has 262 valence electrons. The number of ether oxygens (including phenoxy) is 2. The number of likely N-dealkylation sites (N-methyl/N-ethyl adjacent to an activating group) is 1. The third kappa shape index (κ3) is 11.2. The molecule has 0 saturated heterocycles. The lowest BCUT2D eigenvalue weighted by atomic mass is 10.0. The van der Waals surface area contributed by atoms with Gasteiger partial charge in [0.25, 0.3) is 5.91 Å². The highest BCUT2D eigenvalue weighted by atomic mass is 32.2. The summed E-state index contributed by atoms with van der Waals surface area (Å²) in [4.78, 5) is 28.0. The summed E-state index contributed by atoms with van der Waals surface area (Å²) in [6, 6.07) is 10.2. The van der Waals surface area contributed by atoms with Crippen LogP contribution in [0.25, 0.3) is 0 Å². The van der Waals surface area contributed by atoms with Gasteiger partial charge >= 0.3 is 6.18 Å². The van der Waals surface area contributed by atoms with Gasteiger partial charge in [0.05, 0.1) is 41.7 Å². The molecule has 0 fully saturated rings. The largest absolute Gasteiger partial charge is 0.490 e. The van der Waals surface area contributed by atoms with E-state index in [-0.39, 0.29) is 47.7 Å². The highest BCUT2D eigenvalue weighted by molar-refractivity contribution is 7.89. The zero-order valence-electron chi connectivity index (χ0n) is 27.5. The number of hydrogen-bond acceptors (Lipinski definition) is 7. The van der Waals surface area contributed by atoms with E-state index in [9.17, 15) is 36.3 Å². The van der Waals surface area contributed by atoms with Gasteiger partial charge in [-0.2, -0.15) is 17.5 Å². The molecule has 0 unspecified atom stereocenters. The molecule has 0 aromatic heterocycles. The quantitative estimate of drug-likeness (QED) is 0.363. The zero-order chi connectivity index (χ0) is 34.9. The summed E-state index contributed by atoms with van der Waals surface area (Å²) >= 11 is 0. The summed E-state index contributed by atoms with van der Waals surface area (Å²) in [6.45, 7) is 7.26. The van der Waals surface area contributed by atoms with Crippen LogP contribution in [0.1, 0.15) is 68.8 Å². The molecule has 2 aromatic rings. The fourth-order valence-corrected chi connectivity index (χ4v) is 6.37. The van der Waals surface area contributed by atoms with Crippen LogP contribution in [0.2, 0.25) is 0 Å². The van der Waals surface area contributed by atoms with Crippen molar-refractivity contribution in [3.8, 4) is 5.75 Å². The van der Waals surface area contributed by atoms with E-state index in [4.69, 9.17) is 9.47 Å². The van der Waals surface area contributed by atoms with E-state index in [1.807, 2.05) is 20.8 Å². The molecular formula is C33H46F3N3O7S. The van der Waals surface area contributed by atoms with Crippen molar-refractivity contribution < 1.29 is 45.8 Å². The Morgan fingerprint density at radius 3 is 2.47 bits per heavy atom. The minimum atomic E-state index is -4.49. The summed E-state index contributed by atoms with van der Waals surface area (Å²) in [5.74, 6) is -1.57. The van der Waals surface area contributed by atoms with Crippen LogP contribution in [0.4, 0.5) is 18.9 Å². The zero-order valence-corrected chi connectivity index (χ0v) is 28.4. The Morgan fingerprint density at radius 2 is 1.83 bits per heavy atom. The Balaban J connectivity index is 1.94. The second kappa shape index (κ2) is 16.8. The van der Waals surface area contributed by atoms with E-state index in [0.717, 1.165) is 12.0 Å². The number of alkyl halides is 3. The predicted molar refractivity (Wildman–Crippen MR) is 172 cm³/mol. The number of aliphatic hydroxyl groups excluding tert-OH is 1. The number of nitrogens with one attached hydrogen (secondary N) is 1. The SMILES string of the molecule is Cc1ccc(S(=O)(=O)N(C)C[C@@H]2OCCCC[C@@H](C)Oc3ccc(NC(=O)CCC(F)(F)F)cc3C(=O)N([C@@H](C)CO)C[C@@H]2C)cc1. The summed E-state index contributed by atoms with van der Waals surface area (Å²) in [5.41, 5.74) is 1.11. The van der Waals surface area contributed by atoms with E-state index < -0.39 is 58.9 Å². The van der Waals surface area contributed by atoms with E-state index >= 15 is 0 Å². The molecule has 2 amide bonds. The molecule has 0 radical (unpaired) electrons. The van der Waals surface area contributed by atoms with Crippen LogP contribution in [0.15, 0.2) is 47.4 Å². The predicted octanol–water partition coefficient (Wildman–Crippen LogP) is 5.39. The van der Waals surface area contributed by atoms with Crippen molar-refractivity contribution in [2.75, 3.05) is 38.7 Å². The van der Waals surface area contributed by atoms with Crippen LogP contribution in [0.3, 0.4) is 0 Å². The van der Waals surface area contributed by atoms with Crippen molar-refractivity contribution in [3.63, 3.8) is 0 Å². The Morgan fingerprint density at radius 1 is 1.15 bits per heavy atom. The van der Waals surface area contributed by atoms with Gasteiger partial charge in [0.15, 0.2) is 0 Å². The number of rotatable bonds is 9. The van der Waals surface area contributed by atoms with Crippen molar-refractivity contribution >= 4 is 27.5 Å². The molecule has 47 heavy (non-hydrogen) atoms. The lowest BCUT2D eigenvalue weighted by Crippen LogP contribution is -2.48. The molecule has 2 N–H and O–H groups in total. The Hall–Kier alpha value is -3.20. The molecule has 3 rings (SSSR count). The summed E-state index contributed by atoms with van der Waals surface area (Å²) in [5, 5.41) is 12.6. The molecule has 1 aliphatic heterocycles. The van der Waals surface area contributed by atoms with Crippen LogP contribution in [-0.4, -0.2) is 92.3 Å². The Kier molecular flexibility index (Phi) is 13.6. The van der Waals surface area contributed by atoms with Crippen molar-refractivity contribution in [3.05, 3.63) is 53.6 Å². The maximum atomic E-state index is 14.2. The van der Waals surface area contributed by atoms with Gasteiger partial charge in [0.2, 0.25) is 15.9 Å². The molecule has 0 saturated carbocycles. The number of benzene rings is 2. The normalized spacial score (nSPS) is 21.0.